The monoisotopic (exact) mass is 217 g/mol. The van der Waals surface area contributed by atoms with Crippen LogP contribution in [0.15, 0.2) is 24.3 Å². The summed E-state index contributed by atoms with van der Waals surface area (Å²) in [5, 5.41) is 0. The Labute approximate surface area is 97.3 Å². The maximum atomic E-state index is 12.3. The molecule has 1 atom stereocenters. The van der Waals surface area contributed by atoms with Crippen LogP contribution in [0, 0.1) is 5.92 Å². The first-order chi connectivity index (χ1) is 7.68. The van der Waals surface area contributed by atoms with E-state index in [0.29, 0.717) is 5.78 Å². The van der Waals surface area contributed by atoms with E-state index in [1.165, 1.54) is 5.56 Å². The van der Waals surface area contributed by atoms with Crippen molar-refractivity contribution in [2.45, 2.75) is 19.3 Å². The van der Waals surface area contributed by atoms with Crippen molar-refractivity contribution in [1.82, 2.24) is 4.90 Å². The third kappa shape index (κ3) is 2.33. The molecule has 1 aromatic rings. The summed E-state index contributed by atoms with van der Waals surface area (Å²) in [7, 11) is 4.06. The molecule has 86 valence electrons. The number of hydrogen-bond donors (Lipinski definition) is 0. The van der Waals surface area contributed by atoms with Gasteiger partial charge in [-0.15, -0.1) is 0 Å². The molecule has 1 aliphatic carbocycles. The molecule has 0 saturated heterocycles. The number of carbonyl (C=O) groups is 1. The van der Waals surface area contributed by atoms with Crippen molar-refractivity contribution in [3.8, 4) is 0 Å². The Hall–Kier alpha value is -1.15. The van der Waals surface area contributed by atoms with E-state index in [2.05, 4.69) is 11.0 Å². The number of carbonyl (C=O) groups excluding carboxylic acids is 1. The minimum absolute atomic E-state index is 0.179. The van der Waals surface area contributed by atoms with Gasteiger partial charge in [-0.3, -0.25) is 4.79 Å². The minimum atomic E-state index is 0.179. The zero-order valence-corrected chi connectivity index (χ0v) is 10.1. The van der Waals surface area contributed by atoms with E-state index in [0.717, 1.165) is 31.4 Å². The Balaban J connectivity index is 2.26. The first kappa shape index (κ1) is 11.3. The normalized spacial score (nSPS) is 20.7. The Kier molecular flexibility index (Phi) is 3.39. The number of ketones is 1. The van der Waals surface area contributed by atoms with E-state index < -0.39 is 0 Å². The first-order valence-corrected chi connectivity index (χ1v) is 5.95. The predicted molar refractivity (Wildman–Crippen MR) is 65.8 cm³/mol. The molecule has 0 aromatic heterocycles. The van der Waals surface area contributed by atoms with Gasteiger partial charge in [0, 0.05) is 18.0 Å². The molecule has 2 nitrogen and oxygen atoms in total. The molecule has 0 saturated carbocycles. The summed E-state index contributed by atoms with van der Waals surface area (Å²) in [5.74, 6) is 0.514. The van der Waals surface area contributed by atoms with E-state index >= 15 is 0 Å². The van der Waals surface area contributed by atoms with Gasteiger partial charge in [-0.1, -0.05) is 24.3 Å². The zero-order valence-electron chi connectivity index (χ0n) is 10.1. The van der Waals surface area contributed by atoms with Gasteiger partial charge in [-0.05, 0) is 38.9 Å². The molecule has 0 radical (unpaired) electrons. The summed E-state index contributed by atoms with van der Waals surface area (Å²) in [5.41, 5.74) is 2.18. The van der Waals surface area contributed by atoms with Crippen molar-refractivity contribution >= 4 is 5.78 Å². The number of Topliss-reactive ketones (excluding diaryl/α,β-unsaturated/α-hetero) is 1. The fraction of sp³-hybridized carbons (Fsp3) is 0.500. The van der Waals surface area contributed by atoms with Crippen LogP contribution in [-0.4, -0.2) is 31.3 Å². The van der Waals surface area contributed by atoms with Gasteiger partial charge < -0.3 is 4.90 Å². The van der Waals surface area contributed by atoms with Crippen molar-refractivity contribution < 1.29 is 4.79 Å². The topological polar surface area (TPSA) is 20.3 Å². The summed E-state index contributed by atoms with van der Waals surface area (Å²) in [6.45, 7) is 0.868. The Morgan fingerprint density at radius 3 is 2.81 bits per heavy atom. The fourth-order valence-corrected chi connectivity index (χ4v) is 2.48. The highest BCUT2D eigenvalue weighted by molar-refractivity contribution is 5.99. The van der Waals surface area contributed by atoms with E-state index in [1.807, 2.05) is 32.3 Å². The zero-order chi connectivity index (χ0) is 11.5. The SMILES string of the molecule is CN(C)CC1CCCc2ccccc2C1=O. The summed E-state index contributed by atoms with van der Waals surface area (Å²) in [6.07, 6.45) is 3.19. The highest BCUT2D eigenvalue weighted by Gasteiger charge is 2.25. The molecule has 0 bridgehead atoms. The van der Waals surface area contributed by atoms with Crippen LogP contribution < -0.4 is 0 Å². The van der Waals surface area contributed by atoms with E-state index in [4.69, 9.17) is 0 Å². The number of hydrogen-bond acceptors (Lipinski definition) is 2. The van der Waals surface area contributed by atoms with Crippen molar-refractivity contribution in [3.05, 3.63) is 35.4 Å². The molecule has 1 unspecified atom stereocenters. The molecule has 0 spiro atoms. The van der Waals surface area contributed by atoms with Crippen molar-refractivity contribution in [2.75, 3.05) is 20.6 Å². The summed E-state index contributed by atoms with van der Waals surface area (Å²) < 4.78 is 0. The molecule has 16 heavy (non-hydrogen) atoms. The average molecular weight is 217 g/mol. The van der Waals surface area contributed by atoms with Gasteiger partial charge in [0.25, 0.3) is 0 Å². The Morgan fingerprint density at radius 1 is 1.31 bits per heavy atom. The van der Waals surface area contributed by atoms with Crippen molar-refractivity contribution in [3.63, 3.8) is 0 Å². The molecule has 0 amide bonds. The van der Waals surface area contributed by atoms with E-state index in [9.17, 15) is 4.79 Å². The standard InChI is InChI=1S/C14H19NO/c1-15(2)10-12-8-5-7-11-6-3-4-9-13(11)14(12)16/h3-4,6,9,12H,5,7-8,10H2,1-2H3. The molecule has 0 N–H and O–H groups in total. The lowest BCUT2D eigenvalue weighted by atomic mass is 9.95. The van der Waals surface area contributed by atoms with Gasteiger partial charge >= 0.3 is 0 Å². The number of nitrogens with zero attached hydrogens (tertiary/aromatic N) is 1. The van der Waals surface area contributed by atoms with Crippen LogP contribution in [0.1, 0.15) is 28.8 Å². The van der Waals surface area contributed by atoms with Gasteiger partial charge in [0.2, 0.25) is 0 Å². The second-order valence-corrected chi connectivity index (χ2v) is 4.87. The summed E-state index contributed by atoms with van der Waals surface area (Å²) in [6, 6.07) is 8.06. The Morgan fingerprint density at radius 2 is 2.06 bits per heavy atom. The van der Waals surface area contributed by atoms with Crippen LogP contribution in [0.25, 0.3) is 0 Å². The van der Waals surface area contributed by atoms with Crippen LogP contribution in [0.3, 0.4) is 0 Å². The highest BCUT2D eigenvalue weighted by Crippen LogP contribution is 2.24. The van der Waals surface area contributed by atoms with Gasteiger partial charge in [0.15, 0.2) is 5.78 Å². The third-order valence-electron chi connectivity index (χ3n) is 3.24. The van der Waals surface area contributed by atoms with Crippen molar-refractivity contribution in [2.24, 2.45) is 5.92 Å². The molecular formula is C14H19NO. The van der Waals surface area contributed by atoms with Gasteiger partial charge in [-0.2, -0.15) is 0 Å². The molecule has 0 aliphatic heterocycles. The smallest absolute Gasteiger partial charge is 0.167 e. The molecule has 1 aliphatic rings. The fourth-order valence-electron chi connectivity index (χ4n) is 2.48. The molecule has 2 rings (SSSR count). The largest absolute Gasteiger partial charge is 0.309 e. The molecule has 2 heteroatoms. The van der Waals surface area contributed by atoms with Crippen molar-refractivity contribution in [1.29, 1.82) is 0 Å². The van der Waals surface area contributed by atoms with Crippen LogP contribution in [0.5, 0.6) is 0 Å². The number of fused-ring (bicyclic) bond motifs is 1. The maximum Gasteiger partial charge on any atom is 0.167 e. The van der Waals surface area contributed by atoms with Gasteiger partial charge in [0.1, 0.15) is 0 Å². The number of benzene rings is 1. The van der Waals surface area contributed by atoms with Crippen LogP contribution in [-0.2, 0) is 6.42 Å². The quantitative estimate of drug-likeness (QED) is 0.709. The average Bonchev–Trinajstić information content (AvgIpc) is 2.40. The van der Waals surface area contributed by atoms with E-state index in [-0.39, 0.29) is 5.92 Å². The number of aryl methyl sites for hydroxylation is 1. The van der Waals surface area contributed by atoms with Crippen LogP contribution in [0.2, 0.25) is 0 Å². The molecule has 0 heterocycles. The first-order valence-electron chi connectivity index (χ1n) is 5.95. The third-order valence-corrected chi connectivity index (χ3v) is 3.24. The summed E-state index contributed by atoms with van der Waals surface area (Å²) in [4.78, 5) is 14.5. The van der Waals surface area contributed by atoms with Crippen LogP contribution >= 0.6 is 0 Å². The van der Waals surface area contributed by atoms with Gasteiger partial charge in [0.05, 0.1) is 0 Å². The molecule has 0 fully saturated rings. The number of rotatable bonds is 2. The molecule has 1 aromatic carbocycles. The van der Waals surface area contributed by atoms with E-state index in [1.54, 1.807) is 0 Å². The van der Waals surface area contributed by atoms with Gasteiger partial charge in [-0.25, -0.2) is 0 Å². The lowest BCUT2D eigenvalue weighted by Gasteiger charge is -2.18. The second kappa shape index (κ2) is 4.79. The van der Waals surface area contributed by atoms with Crippen LogP contribution in [0.4, 0.5) is 0 Å². The lowest BCUT2D eigenvalue weighted by Crippen LogP contribution is -2.27. The highest BCUT2D eigenvalue weighted by atomic mass is 16.1. The maximum absolute atomic E-state index is 12.3. The molecular weight excluding hydrogens is 198 g/mol. The summed E-state index contributed by atoms with van der Waals surface area (Å²) >= 11 is 0. The predicted octanol–water partition coefficient (Wildman–Crippen LogP) is 2.38. The lowest BCUT2D eigenvalue weighted by molar-refractivity contribution is 0.0892. The second-order valence-electron chi connectivity index (χ2n) is 4.87. The Bertz CT molecular complexity index is 384. The minimum Gasteiger partial charge on any atom is -0.309 e.